The third kappa shape index (κ3) is 4.84. The molecule has 0 saturated carbocycles. The second-order valence-corrected chi connectivity index (χ2v) is 14.9. The Balaban J connectivity index is 1.58. The van der Waals surface area contributed by atoms with E-state index in [0.717, 1.165) is 5.65 Å². The van der Waals surface area contributed by atoms with Gasteiger partial charge in [-0.1, -0.05) is 87.5 Å². The smallest absolute Gasteiger partial charge is 0.404 e. The summed E-state index contributed by atoms with van der Waals surface area (Å²) < 4.78 is 9.31. The van der Waals surface area contributed by atoms with Crippen LogP contribution in [0.25, 0.3) is 5.65 Å². The fourth-order valence-electron chi connectivity index (χ4n) is 5.57. The first-order valence-corrected chi connectivity index (χ1v) is 14.5. The molecule has 0 unspecified atom stereocenters. The Hall–Kier alpha value is -3.69. The van der Waals surface area contributed by atoms with Crippen LogP contribution in [0.5, 0.6) is 0 Å². The molecule has 1 aliphatic rings. The fourth-order valence-corrected chi connectivity index (χ4v) is 10.3. The average Bonchev–Trinajstić information content (AvgIpc) is 3.31. The monoisotopic (exact) mass is 515 g/mol. The van der Waals surface area contributed by atoms with Gasteiger partial charge in [-0.3, -0.25) is 4.40 Å². The maximum absolute atomic E-state index is 11.7. The minimum atomic E-state index is -2.82. The second kappa shape index (κ2) is 9.99. The zero-order valence-electron chi connectivity index (χ0n) is 21.4. The van der Waals surface area contributed by atoms with Gasteiger partial charge in [0.15, 0.2) is 5.65 Å². The van der Waals surface area contributed by atoms with E-state index < -0.39 is 14.4 Å². The molecule has 2 atom stereocenters. The number of amides is 1. The van der Waals surface area contributed by atoms with Crippen molar-refractivity contribution in [1.29, 1.82) is 0 Å². The number of benzene rings is 2. The summed E-state index contributed by atoms with van der Waals surface area (Å²) in [5, 5.41) is 23.2. The van der Waals surface area contributed by atoms with Crippen LogP contribution in [0, 0.1) is 0 Å². The number of aromatic nitrogens is 3. The van der Waals surface area contributed by atoms with Crippen molar-refractivity contribution in [1.82, 2.24) is 19.9 Å². The molecule has 0 radical (unpaired) electrons. The van der Waals surface area contributed by atoms with Crippen LogP contribution in [0.2, 0.25) is 5.04 Å². The van der Waals surface area contributed by atoms with Gasteiger partial charge in [0.2, 0.25) is 5.95 Å². The summed E-state index contributed by atoms with van der Waals surface area (Å²) in [6.07, 6.45) is 1.23. The Morgan fingerprint density at radius 1 is 0.946 bits per heavy atom. The summed E-state index contributed by atoms with van der Waals surface area (Å²) in [6, 6.07) is 26.5. The predicted molar refractivity (Wildman–Crippen MR) is 147 cm³/mol. The highest BCUT2D eigenvalue weighted by Crippen LogP contribution is 2.38. The Morgan fingerprint density at radius 2 is 1.57 bits per heavy atom. The predicted octanol–water partition coefficient (Wildman–Crippen LogP) is 3.52. The number of rotatable bonds is 6. The van der Waals surface area contributed by atoms with Gasteiger partial charge in [0.05, 0.1) is 12.1 Å². The van der Waals surface area contributed by atoms with Crippen LogP contribution in [0.1, 0.15) is 27.2 Å². The van der Waals surface area contributed by atoms with Gasteiger partial charge < -0.3 is 19.7 Å². The average molecular weight is 516 g/mol. The van der Waals surface area contributed by atoms with Crippen LogP contribution in [0.4, 0.5) is 10.7 Å². The van der Waals surface area contributed by atoms with Crippen molar-refractivity contribution in [2.24, 2.45) is 0 Å². The van der Waals surface area contributed by atoms with E-state index in [0.29, 0.717) is 25.5 Å². The van der Waals surface area contributed by atoms with E-state index in [1.807, 2.05) is 40.9 Å². The molecule has 192 valence electrons. The Labute approximate surface area is 218 Å². The Bertz CT molecular complexity index is 1320. The molecule has 37 heavy (non-hydrogen) atoms. The number of hydrogen-bond acceptors (Lipinski definition) is 5. The summed E-state index contributed by atoms with van der Waals surface area (Å²) in [6.45, 7) is 7.82. The van der Waals surface area contributed by atoms with E-state index in [-0.39, 0.29) is 17.2 Å². The zero-order valence-corrected chi connectivity index (χ0v) is 22.4. The van der Waals surface area contributed by atoms with Crippen molar-refractivity contribution < 1.29 is 14.3 Å². The highest BCUT2D eigenvalue weighted by atomic mass is 28.4. The van der Waals surface area contributed by atoms with Crippen molar-refractivity contribution >= 4 is 36.4 Å². The summed E-state index contributed by atoms with van der Waals surface area (Å²) in [7, 11) is -2.82. The van der Waals surface area contributed by atoms with Gasteiger partial charge in [0.25, 0.3) is 8.32 Å². The summed E-state index contributed by atoms with van der Waals surface area (Å²) in [5.74, 6) is 0.684. The lowest BCUT2D eigenvalue weighted by atomic mass is 10.0. The van der Waals surface area contributed by atoms with E-state index in [9.17, 15) is 9.90 Å². The lowest BCUT2D eigenvalue weighted by Gasteiger charge is -2.48. The first kappa shape index (κ1) is 25.0. The zero-order chi connectivity index (χ0) is 26.0. The molecule has 2 aromatic carbocycles. The van der Waals surface area contributed by atoms with Crippen molar-refractivity contribution in [3.05, 3.63) is 85.1 Å². The van der Waals surface area contributed by atoms with Crippen molar-refractivity contribution in [2.75, 3.05) is 18.0 Å². The van der Waals surface area contributed by atoms with E-state index in [1.54, 1.807) is 0 Å². The van der Waals surface area contributed by atoms with Crippen LogP contribution in [-0.2, 0) is 4.43 Å². The van der Waals surface area contributed by atoms with Crippen molar-refractivity contribution in [3.63, 3.8) is 0 Å². The molecular formula is C28H33N5O3Si. The van der Waals surface area contributed by atoms with Crippen molar-refractivity contribution in [3.8, 4) is 0 Å². The quantitative estimate of drug-likeness (QED) is 0.382. The maximum Gasteiger partial charge on any atom is 0.404 e. The second-order valence-electron chi connectivity index (χ2n) is 10.6. The van der Waals surface area contributed by atoms with Gasteiger partial charge in [-0.25, -0.2) is 4.79 Å². The number of hydrogen-bond donors (Lipinski definition) is 2. The molecule has 0 aliphatic carbocycles. The summed E-state index contributed by atoms with van der Waals surface area (Å²) >= 11 is 0. The first-order chi connectivity index (χ1) is 17.8. The largest absolute Gasteiger partial charge is 0.465 e. The third-order valence-corrected chi connectivity index (χ3v) is 12.2. The highest BCUT2D eigenvalue weighted by Gasteiger charge is 2.52. The van der Waals surface area contributed by atoms with Gasteiger partial charge in [-0.15, -0.1) is 10.2 Å². The number of fused-ring (bicyclic) bond motifs is 1. The lowest BCUT2D eigenvalue weighted by Crippen LogP contribution is -2.69. The number of pyridine rings is 1. The molecule has 5 rings (SSSR count). The first-order valence-electron chi connectivity index (χ1n) is 12.6. The SMILES string of the molecule is CC(C)(C)[Si](O[C@@H]1C[C@@H](NC(=O)O)CN(c2nnc3ccccn23)C1)(c1ccccc1)c1ccccc1. The van der Waals surface area contributed by atoms with E-state index >= 15 is 0 Å². The van der Waals surface area contributed by atoms with Crippen LogP contribution in [0.3, 0.4) is 0 Å². The van der Waals surface area contributed by atoms with Gasteiger partial charge in [0, 0.05) is 19.3 Å². The van der Waals surface area contributed by atoms with Gasteiger partial charge in [-0.05, 0) is 34.0 Å². The maximum atomic E-state index is 11.7. The molecule has 1 aliphatic heterocycles. The summed E-state index contributed by atoms with van der Waals surface area (Å²) in [4.78, 5) is 13.8. The fraction of sp³-hybridized carbons (Fsp3) is 0.321. The molecule has 0 bridgehead atoms. The number of carboxylic acid groups (broad SMARTS) is 1. The molecule has 8 nitrogen and oxygen atoms in total. The van der Waals surface area contributed by atoms with E-state index in [2.05, 4.69) is 89.7 Å². The van der Waals surface area contributed by atoms with Crippen LogP contribution in [0.15, 0.2) is 85.1 Å². The van der Waals surface area contributed by atoms with Gasteiger partial charge in [-0.2, -0.15) is 0 Å². The number of piperidine rings is 1. The van der Waals surface area contributed by atoms with Crippen LogP contribution >= 0.6 is 0 Å². The lowest BCUT2D eigenvalue weighted by molar-refractivity contribution is 0.142. The minimum Gasteiger partial charge on any atom is -0.465 e. The number of anilines is 1. The molecule has 1 fully saturated rings. The van der Waals surface area contributed by atoms with Crippen LogP contribution < -0.4 is 20.6 Å². The molecule has 3 heterocycles. The number of carbonyl (C=O) groups is 1. The highest BCUT2D eigenvalue weighted by molar-refractivity contribution is 6.99. The van der Waals surface area contributed by atoms with E-state index in [4.69, 9.17) is 4.43 Å². The van der Waals surface area contributed by atoms with E-state index in [1.165, 1.54) is 10.4 Å². The molecule has 9 heteroatoms. The standard InChI is InChI=1S/C28H33N5O3Si/c1-28(2,3)37(23-12-6-4-7-13-23,24-14-8-5-9-15-24)36-22-18-21(29-27(34)35)19-32(20-22)26-31-30-25-16-10-11-17-33(25)26/h4-17,21-22,29H,18-20H2,1-3H3,(H,34,35)/t21-,22-/m1/s1. The summed E-state index contributed by atoms with van der Waals surface area (Å²) in [5.41, 5.74) is 0.746. The molecule has 4 aromatic rings. The minimum absolute atomic E-state index is 0.185. The molecular weight excluding hydrogens is 482 g/mol. The third-order valence-electron chi connectivity index (χ3n) is 7.08. The molecule has 1 amide bonds. The molecule has 2 N–H and O–H groups in total. The number of nitrogens with one attached hydrogen (secondary N) is 1. The Morgan fingerprint density at radius 3 is 2.16 bits per heavy atom. The molecule has 1 saturated heterocycles. The molecule has 2 aromatic heterocycles. The van der Waals surface area contributed by atoms with Crippen molar-refractivity contribution in [2.45, 2.75) is 44.4 Å². The van der Waals surface area contributed by atoms with Gasteiger partial charge in [0.1, 0.15) is 0 Å². The van der Waals surface area contributed by atoms with Crippen LogP contribution in [-0.4, -0.2) is 59.4 Å². The Kier molecular flexibility index (Phi) is 6.74. The number of nitrogens with zero attached hydrogens (tertiary/aromatic N) is 4. The normalized spacial score (nSPS) is 18.6. The van der Waals surface area contributed by atoms with Gasteiger partial charge >= 0.3 is 6.09 Å². The molecule has 0 spiro atoms. The topological polar surface area (TPSA) is 92.0 Å².